The highest BCUT2D eigenvalue weighted by atomic mass is 35.5. The lowest BCUT2D eigenvalue weighted by Gasteiger charge is -2.20. The zero-order valence-electron chi connectivity index (χ0n) is 11.1. The molecule has 0 unspecified atom stereocenters. The molecule has 1 aliphatic heterocycles. The second-order valence-electron chi connectivity index (χ2n) is 4.96. The van der Waals surface area contributed by atoms with Gasteiger partial charge in [-0.2, -0.15) is 0 Å². The number of hydrogen-bond donors (Lipinski definition) is 0. The first kappa shape index (κ1) is 13.1. The maximum absolute atomic E-state index is 12.5. The van der Waals surface area contributed by atoms with Crippen LogP contribution in [0.25, 0.3) is 0 Å². The molecule has 2 aromatic rings. The van der Waals surface area contributed by atoms with Gasteiger partial charge in [0.15, 0.2) is 0 Å². The summed E-state index contributed by atoms with van der Waals surface area (Å²) in [6.45, 7) is 1.39. The SMILES string of the molecule is O=C(c1cc(Cl)ccn1)N1CCCc2ccccc2C1. The van der Waals surface area contributed by atoms with Gasteiger partial charge in [0.05, 0.1) is 0 Å². The molecule has 1 aromatic heterocycles. The summed E-state index contributed by atoms with van der Waals surface area (Å²) in [5.74, 6) is -0.0517. The van der Waals surface area contributed by atoms with Crippen molar-refractivity contribution >= 4 is 17.5 Å². The van der Waals surface area contributed by atoms with E-state index in [0.717, 1.165) is 19.4 Å². The molecule has 0 radical (unpaired) electrons. The van der Waals surface area contributed by atoms with E-state index < -0.39 is 0 Å². The monoisotopic (exact) mass is 286 g/mol. The van der Waals surface area contributed by atoms with Crippen LogP contribution in [0.4, 0.5) is 0 Å². The van der Waals surface area contributed by atoms with E-state index in [-0.39, 0.29) is 5.91 Å². The molecule has 0 saturated carbocycles. The summed E-state index contributed by atoms with van der Waals surface area (Å²) in [5, 5.41) is 0.540. The van der Waals surface area contributed by atoms with E-state index >= 15 is 0 Å². The highest BCUT2D eigenvalue weighted by Crippen LogP contribution is 2.20. The Labute approximate surface area is 123 Å². The maximum atomic E-state index is 12.5. The standard InChI is InChI=1S/C16H15ClN2O/c17-14-7-8-18-15(10-14)16(20)19-9-3-6-12-4-1-2-5-13(12)11-19/h1-2,4-5,7-8,10H,3,6,9,11H2. The average Bonchev–Trinajstić information content (AvgIpc) is 2.68. The number of amides is 1. The Balaban J connectivity index is 1.86. The van der Waals surface area contributed by atoms with E-state index in [0.29, 0.717) is 17.3 Å². The highest BCUT2D eigenvalue weighted by molar-refractivity contribution is 6.30. The smallest absolute Gasteiger partial charge is 0.272 e. The van der Waals surface area contributed by atoms with Crippen molar-refractivity contribution in [1.82, 2.24) is 9.88 Å². The summed E-state index contributed by atoms with van der Waals surface area (Å²) in [5.41, 5.74) is 2.97. The number of aryl methyl sites for hydroxylation is 1. The molecule has 0 N–H and O–H groups in total. The number of hydrogen-bond acceptors (Lipinski definition) is 2. The van der Waals surface area contributed by atoms with Crippen LogP contribution in [0.15, 0.2) is 42.6 Å². The van der Waals surface area contributed by atoms with Crippen molar-refractivity contribution < 1.29 is 4.79 Å². The van der Waals surface area contributed by atoms with Crippen LogP contribution < -0.4 is 0 Å². The van der Waals surface area contributed by atoms with Crippen LogP contribution in [0.3, 0.4) is 0 Å². The van der Waals surface area contributed by atoms with Crippen molar-refractivity contribution in [2.45, 2.75) is 19.4 Å². The van der Waals surface area contributed by atoms with Crippen LogP contribution in [-0.4, -0.2) is 22.3 Å². The minimum absolute atomic E-state index is 0.0517. The van der Waals surface area contributed by atoms with Crippen molar-refractivity contribution in [2.75, 3.05) is 6.54 Å². The number of aromatic nitrogens is 1. The van der Waals surface area contributed by atoms with Gasteiger partial charge in [0.1, 0.15) is 5.69 Å². The number of pyridine rings is 1. The Bertz CT molecular complexity index is 642. The molecule has 0 fully saturated rings. The fraction of sp³-hybridized carbons (Fsp3) is 0.250. The van der Waals surface area contributed by atoms with Gasteiger partial charge in [-0.15, -0.1) is 0 Å². The van der Waals surface area contributed by atoms with Gasteiger partial charge >= 0.3 is 0 Å². The Hall–Kier alpha value is -1.87. The molecule has 1 aliphatic rings. The second-order valence-corrected chi connectivity index (χ2v) is 5.39. The number of carbonyl (C=O) groups is 1. The molecule has 0 aliphatic carbocycles. The first-order valence-electron chi connectivity index (χ1n) is 6.71. The normalized spacial score (nSPS) is 14.6. The predicted molar refractivity (Wildman–Crippen MR) is 78.8 cm³/mol. The largest absolute Gasteiger partial charge is 0.333 e. The summed E-state index contributed by atoms with van der Waals surface area (Å²) < 4.78 is 0. The molecular formula is C16H15ClN2O. The summed E-state index contributed by atoms with van der Waals surface area (Å²) in [4.78, 5) is 18.5. The molecule has 20 heavy (non-hydrogen) atoms. The lowest BCUT2D eigenvalue weighted by Crippen LogP contribution is -2.31. The molecular weight excluding hydrogens is 272 g/mol. The average molecular weight is 287 g/mol. The first-order valence-corrected chi connectivity index (χ1v) is 7.09. The minimum Gasteiger partial charge on any atom is -0.333 e. The van der Waals surface area contributed by atoms with Gasteiger partial charge in [0, 0.05) is 24.3 Å². The third-order valence-electron chi connectivity index (χ3n) is 3.58. The predicted octanol–water partition coefficient (Wildman–Crippen LogP) is 3.32. The minimum atomic E-state index is -0.0517. The summed E-state index contributed by atoms with van der Waals surface area (Å²) in [6.07, 6.45) is 3.56. The molecule has 2 heterocycles. The summed E-state index contributed by atoms with van der Waals surface area (Å²) >= 11 is 5.93. The van der Waals surface area contributed by atoms with Gasteiger partial charge in [-0.05, 0) is 36.1 Å². The van der Waals surface area contributed by atoms with Crippen molar-refractivity contribution in [3.05, 3.63) is 64.4 Å². The molecule has 1 amide bonds. The molecule has 0 spiro atoms. The van der Waals surface area contributed by atoms with Gasteiger partial charge in [0.2, 0.25) is 0 Å². The third-order valence-corrected chi connectivity index (χ3v) is 3.82. The topological polar surface area (TPSA) is 33.2 Å². The van der Waals surface area contributed by atoms with E-state index in [1.165, 1.54) is 11.1 Å². The Morgan fingerprint density at radius 1 is 1.20 bits per heavy atom. The number of nitrogens with zero attached hydrogens (tertiary/aromatic N) is 2. The quantitative estimate of drug-likeness (QED) is 0.806. The van der Waals surface area contributed by atoms with Gasteiger partial charge in [-0.25, -0.2) is 0 Å². The zero-order chi connectivity index (χ0) is 13.9. The molecule has 3 nitrogen and oxygen atoms in total. The van der Waals surface area contributed by atoms with Crippen molar-refractivity contribution in [3.8, 4) is 0 Å². The van der Waals surface area contributed by atoms with Crippen LogP contribution in [0.1, 0.15) is 28.0 Å². The van der Waals surface area contributed by atoms with Gasteiger partial charge in [-0.1, -0.05) is 35.9 Å². The molecule has 0 bridgehead atoms. The Morgan fingerprint density at radius 2 is 2.00 bits per heavy atom. The van der Waals surface area contributed by atoms with Gasteiger partial charge in [-0.3, -0.25) is 9.78 Å². The van der Waals surface area contributed by atoms with Crippen molar-refractivity contribution in [2.24, 2.45) is 0 Å². The van der Waals surface area contributed by atoms with E-state index in [1.54, 1.807) is 18.3 Å². The highest BCUT2D eigenvalue weighted by Gasteiger charge is 2.20. The zero-order valence-corrected chi connectivity index (χ0v) is 11.8. The van der Waals surface area contributed by atoms with Crippen molar-refractivity contribution in [1.29, 1.82) is 0 Å². The Kier molecular flexibility index (Phi) is 3.70. The van der Waals surface area contributed by atoms with Crippen LogP contribution in [0.5, 0.6) is 0 Å². The van der Waals surface area contributed by atoms with Crippen LogP contribution in [0.2, 0.25) is 5.02 Å². The van der Waals surface area contributed by atoms with Gasteiger partial charge in [0.25, 0.3) is 5.91 Å². The van der Waals surface area contributed by atoms with Crippen LogP contribution in [-0.2, 0) is 13.0 Å². The summed E-state index contributed by atoms with van der Waals surface area (Å²) in [6, 6.07) is 11.6. The number of halogens is 1. The van der Waals surface area contributed by atoms with Crippen LogP contribution >= 0.6 is 11.6 Å². The second kappa shape index (κ2) is 5.63. The molecule has 102 valence electrons. The summed E-state index contributed by atoms with van der Waals surface area (Å²) in [7, 11) is 0. The van der Waals surface area contributed by atoms with E-state index in [2.05, 4.69) is 23.2 Å². The lowest BCUT2D eigenvalue weighted by atomic mass is 10.0. The van der Waals surface area contributed by atoms with E-state index in [9.17, 15) is 4.79 Å². The van der Waals surface area contributed by atoms with E-state index in [1.807, 2.05) is 11.0 Å². The molecule has 0 atom stereocenters. The number of rotatable bonds is 1. The molecule has 3 rings (SSSR count). The first-order chi connectivity index (χ1) is 9.74. The molecule has 1 aromatic carbocycles. The molecule has 4 heteroatoms. The lowest BCUT2D eigenvalue weighted by molar-refractivity contribution is 0.0740. The number of benzene rings is 1. The van der Waals surface area contributed by atoms with E-state index in [4.69, 9.17) is 11.6 Å². The fourth-order valence-corrected chi connectivity index (χ4v) is 2.72. The molecule has 0 saturated heterocycles. The van der Waals surface area contributed by atoms with Crippen molar-refractivity contribution in [3.63, 3.8) is 0 Å². The number of carbonyl (C=O) groups excluding carboxylic acids is 1. The third kappa shape index (κ3) is 2.68. The fourth-order valence-electron chi connectivity index (χ4n) is 2.56. The van der Waals surface area contributed by atoms with Crippen LogP contribution in [0, 0.1) is 0 Å². The Morgan fingerprint density at radius 3 is 2.80 bits per heavy atom. The van der Waals surface area contributed by atoms with Gasteiger partial charge < -0.3 is 4.90 Å². The maximum Gasteiger partial charge on any atom is 0.272 e. The number of fused-ring (bicyclic) bond motifs is 1.